The SMILES string of the molecule is CCN1/C(=C/C(=O)CC(C)=O)Sc2ccccc21. The Morgan fingerprint density at radius 3 is 2.72 bits per heavy atom. The maximum absolute atomic E-state index is 11.7. The van der Waals surface area contributed by atoms with Crippen molar-refractivity contribution in [2.75, 3.05) is 11.4 Å². The lowest BCUT2D eigenvalue weighted by atomic mass is 10.2. The zero-order valence-electron chi connectivity index (χ0n) is 10.5. The molecule has 0 bridgehead atoms. The van der Waals surface area contributed by atoms with E-state index in [2.05, 4.69) is 4.90 Å². The number of Topliss-reactive ketones (excluding diaryl/α,β-unsaturated/α-hetero) is 1. The minimum Gasteiger partial charge on any atom is -0.335 e. The quantitative estimate of drug-likeness (QED) is 0.617. The summed E-state index contributed by atoms with van der Waals surface area (Å²) in [7, 11) is 0. The number of rotatable bonds is 4. The highest BCUT2D eigenvalue weighted by molar-refractivity contribution is 8.03. The molecule has 0 spiro atoms. The van der Waals surface area contributed by atoms with E-state index < -0.39 is 0 Å². The second kappa shape index (κ2) is 5.40. The average molecular weight is 261 g/mol. The Morgan fingerprint density at radius 1 is 1.33 bits per heavy atom. The molecular weight excluding hydrogens is 246 g/mol. The molecule has 0 fully saturated rings. The van der Waals surface area contributed by atoms with Crippen LogP contribution in [-0.2, 0) is 9.59 Å². The lowest BCUT2D eigenvalue weighted by Gasteiger charge is -2.17. The summed E-state index contributed by atoms with van der Waals surface area (Å²) in [5.41, 5.74) is 1.13. The number of para-hydroxylation sites is 1. The van der Waals surface area contributed by atoms with Crippen molar-refractivity contribution in [1.29, 1.82) is 0 Å². The number of hydrogen-bond donors (Lipinski definition) is 0. The Hall–Kier alpha value is -1.55. The fourth-order valence-electron chi connectivity index (χ4n) is 1.92. The number of benzene rings is 1. The van der Waals surface area contributed by atoms with E-state index in [1.165, 1.54) is 6.92 Å². The van der Waals surface area contributed by atoms with E-state index in [4.69, 9.17) is 0 Å². The first kappa shape index (κ1) is 12.9. The molecule has 3 nitrogen and oxygen atoms in total. The van der Waals surface area contributed by atoms with E-state index in [9.17, 15) is 9.59 Å². The fourth-order valence-corrected chi connectivity index (χ4v) is 3.10. The standard InChI is InChI=1S/C14H15NO2S/c1-3-15-12-6-4-5-7-13(12)18-14(15)9-11(17)8-10(2)16/h4-7,9H,3,8H2,1-2H3/b14-9-. The smallest absolute Gasteiger partial charge is 0.165 e. The molecule has 1 heterocycles. The highest BCUT2D eigenvalue weighted by atomic mass is 32.2. The second-order valence-corrected chi connectivity index (χ2v) is 5.20. The van der Waals surface area contributed by atoms with Gasteiger partial charge in [0.15, 0.2) is 5.78 Å². The number of hydrogen-bond acceptors (Lipinski definition) is 4. The molecule has 0 saturated heterocycles. The number of fused-ring (bicyclic) bond motifs is 1. The predicted octanol–water partition coefficient (Wildman–Crippen LogP) is 3.01. The van der Waals surface area contributed by atoms with Gasteiger partial charge < -0.3 is 4.90 Å². The Bertz CT molecular complexity index is 522. The molecule has 4 heteroatoms. The van der Waals surface area contributed by atoms with Crippen LogP contribution in [0.1, 0.15) is 20.3 Å². The van der Waals surface area contributed by atoms with E-state index >= 15 is 0 Å². The van der Waals surface area contributed by atoms with E-state index in [1.54, 1.807) is 17.8 Å². The number of ketones is 2. The van der Waals surface area contributed by atoms with Gasteiger partial charge in [0.1, 0.15) is 5.78 Å². The van der Waals surface area contributed by atoms with Crippen molar-refractivity contribution in [3.05, 3.63) is 35.4 Å². The van der Waals surface area contributed by atoms with Crippen molar-refractivity contribution in [1.82, 2.24) is 0 Å². The number of allylic oxidation sites excluding steroid dienone is 1. The molecule has 1 aromatic carbocycles. The van der Waals surface area contributed by atoms with Crippen LogP contribution in [-0.4, -0.2) is 18.1 Å². The minimum atomic E-state index is -0.128. The van der Waals surface area contributed by atoms with Gasteiger partial charge in [-0.05, 0) is 26.0 Å². The van der Waals surface area contributed by atoms with Gasteiger partial charge in [0.05, 0.1) is 17.1 Å². The maximum Gasteiger partial charge on any atom is 0.165 e. The topological polar surface area (TPSA) is 37.4 Å². The summed E-state index contributed by atoms with van der Waals surface area (Å²) >= 11 is 1.58. The average Bonchev–Trinajstić information content (AvgIpc) is 2.64. The van der Waals surface area contributed by atoms with Gasteiger partial charge in [0.2, 0.25) is 0 Å². The van der Waals surface area contributed by atoms with Crippen molar-refractivity contribution in [2.45, 2.75) is 25.2 Å². The lowest BCUT2D eigenvalue weighted by molar-refractivity contribution is -0.123. The molecule has 0 atom stereocenters. The van der Waals surface area contributed by atoms with Crippen LogP contribution >= 0.6 is 11.8 Å². The van der Waals surface area contributed by atoms with Gasteiger partial charge in [-0.25, -0.2) is 0 Å². The number of nitrogens with zero attached hydrogens (tertiary/aromatic N) is 1. The van der Waals surface area contributed by atoms with E-state index in [1.807, 2.05) is 31.2 Å². The molecule has 0 aliphatic carbocycles. The van der Waals surface area contributed by atoms with E-state index in [0.29, 0.717) is 0 Å². The Labute approximate surface area is 111 Å². The summed E-state index contributed by atoms with van der Waals surface area (Å²) in [5, 5.41) is 0.907. The first-order valence-corrected chi connectivity index (χ1v) is 6.72. The van der Waals surface area contributed by atoms with Crippen LogP contribution in [0.25, 0.3) is 0 Å². The summed E-state index contributed by atoms with van der Waals surface area (Å²) in [6.07, 6.45) is 1.56. The van der Waals surface area contributed by atoms with Crippen molar-refractivity contribution in [2.24, 2.45) is 0 Å². The summed E-state index contributed by atoms with van der Waals surface area (Å²) in [6, 6.07) is 8.06. The van der Waals surface area contributed by atoms with Crippen molar-refractivity contribution in [3.8, 4) is 0 Å². The third-order valence-electron chi connectivity index (χ3n) is 2.66. The zero-order valence-corrected chi connectivity index (χ0v) is 11.3. The van der Waals surface area contributed by atoms with Gasteiger partial charge in [0.25, 0.3) is 0 Å². The normalized spacial score (nSPS) is 15.9. The first-order valence-electron chi connectivity index (χ1n) is 5.90. The van der Waals surface area contributed by atoms with Crippen LogP contribution < -0.4 is 4.90 Å². The molecule has 0 radical (unpaired) electrons. The Balaban J connectivity index is 2.24. The number of anilines is 1. The van der Waals surface area contributed by atoms with Gasteiger partial charge in [-0.15, -0.1) is 0 Å². The van der Waals surface area contributed by atoms with Gasteiger partial charge in [-0.2, -0.15) is 0 Å². The molecule has 0 unspecified atom stereocenters. The van der Waals surface area contributed by atoms with E-state index in [-0.39, 0.29) is 18.0 Å². The summed E-state index contributed by atoms with van der Waals surface area (Å²) in [6.45, 7) is 4.29. The minimum absolute atomic E-state index is 0.0159. The highest BCUT2D eigenvalue weighted by Crippen LogP contribution is 2.45. The highest BCUT2D eigenvalue weighted by Gasteiger charge is 2.23. The number of thioether (sulfide) groups is 1. The molecule has 1 aromatic rings. The predicted molar refractivity (Wildman–Crippen MR) is 73.7 cm³/mol. The molecule has 94 valence electrons. The van der Waals surface area contributed by atoms with Crippen LogP contribution in [0.4, 0.5) is 5.69 Å². The molecule has 0 aromatic heterocycles. The molecule has 1 aliphatic heterocycles. The summed E-state index contributed by atoms with van der Waals surface area (Å²) < 4.78 is 0. The second-order valence-electron chi connectivity index (χ2n) is 4.14. The van der Waals surface area contributed by atoms with Crippen LogP contribution in [0.5, 0.6) is 0 Å². The van der Waals surface area contributed by atoms with E-state index in [0.717, 1.165) is 22.2 Å². The zero-order chi connectivity index (χ0) is 13.1. The van der Waals surface area contributed by atoms with Gasteiger partial charge >= 0.3 is 0 Å². The number of carbonyl (C=O) groups is 2. The lowest BCUT2D eigenvalue weighted by Crippen LogP contribution is -2.17. The van der Waals surface area contributed by atoms with Crippen molar-refractivity contribution >= 4 is 29.0 Å². The van der Waals surface area contributed by atoms with Crippen molar-refractivity contribution < 1.29 is 9.59 Å². The van der Waals surface area contributed by atoms with Crippen LogP contribution in [0.3, 0.4) is 0 Å². The largest absolute Gasteiger partial charge is 0.335 e. The van der Waals surface area contributed by atoms with Crippen LogP contribution in [0.15, 0.2) is 40.3 Å². The van der Waals surface area contributed by atoms with Crippen LogP contribution in [0.2, 0.25) is 0 Å². The first-order chi connectivity index (χ1) is 8.61. The van der Waals surface area contributed by atoms with Gasteiger partial charge in [-0.1, -0.05) is 23.9 Å². The summed E-state index contributed by atoms with van der Waals surface area (Å²) in [5.74, 6) is -0.225. The molecule has 0 N–H and O–H groups in total. The molecule has 0 saturated carbocycles. The van der Waals surface area contributed by atoms with Gasteiger partial charge in [-0.3, -0.25) is 9.59 Å². The Morgan fingerprint density at radius 2 is 2.06 bits per heavy atom. The molecule has 2 rings (SSSR count). The van der Waals surface area contributed by atoms with Crippen LogP contribution in [0, 0.1) is 0 Å². The third-order valence-corrected chi connectivity index (χ3v) is 3.77. The Kier molecular flexibility index (Phi) is 3.87. The third kappa shape index (κ3) is 2.64. The fraction of sp³-hybridized carbons (Fsp3) is 0.286. The maximum atomic E-state index is 11.7. The molecule has 18 heavy (non-hydrogen) atoms. The monoisotopic (exact) mass is 261 g/mol. The van der Waals surface area contributed by atoms with Gasteiger partial charge in [0, 0.05) is 17.5 Å². The molecular formula is C14H15NO2S. The molecule has 1 aliphatic rings. The molecule has 0 amide bonds. The summed E-state index contributed by atoms with van der Waals surface area (Å²) in [4.78, 5) is 25.9. The number of carbonyl (C=O) groups excluding carboxylic acids is 2. The van der Waals surface area contributed by atoms with Crippen molar-refractivity contribution in [3.63, 3.8) is 0 Å².